The number of hydrogen-bond acceptors (Lipinski definition) is 5. The first-order valence-corrected chi connectivity index (χ1v) is 2.99. The van der Waals surface area contributed by atoms with E-state index in [4.69, 9.17) is 0 Å². The summed E-state index contributed by atoms with van der Waals surface area (Å²) in [5, 5.41) is 0. The summed E-state index contributed by atoms with van der Waals surface area (Å²) in [6.07, 6.45) is 0.189. The maximum Gasteiger partial charge on any atom is 0.351 e. The van der Waals surface area contributed by atoms with E-state index < -0.39 is 18.5 Å². The van der Waals surface area contributed by atoms with E-state index in [1.165, 1.54) is 0 Å². The van der Waals surface area contributed by atoms with Gasteiger partial charge in [-0.1, -0.05) is 6.92 Å². The van der Waals surface area contributed by atoms with Gasteiger partial charge in [0.15, 0.2) is 6.61 Å². The Kier molecular flexibility index (Phi) is 4.72. The van der Waals surface area contributed by atoms with Crippen molar-refractivity contribution in [3.05, 3.63) is 0 Å². The zero-order chi connectivity index (χ0) is 8.69. The van der Waals surface area contributed by atoms with Crippen LogP contribution in [-0.2, 0) is 23.9 Å². The minimum atomic E-state index is -0.873. The predicted molar refractivity (Wildman–Crippen MR) is 33.4 cm³/mol. The second-order valence-corrected chi connectivity index (χ2v) is 1.60. The van der Waals surface area contributed by atoms with Gasteiger partial charge >= 0.3 is 18.4 Å². The van der Waals surface area contributed by atoms with Crippen molar-refractivity contribution in [3.63, 3.8) is 0 Å². The maximum absolute atomic E-state index is 10.4. The first-order valence-electron chi connectivity index (χ1n) is 2.99. The first kappa shape index (κ1) is 9.61. The Hall–Kier alpha value is -1.39. The quantitative estimate of drug-likeness (QED) is 0.319. The molecule has 0 rings (SSSR count). The van der Waals surface area contributed by atoms with Crippen LogP contribution in [0.3, 0.4) is 0 Å². The fourth-order valence-electron chi connectivity index (χ4n) is 0.329. The molecule has 0 amide bonds. The summed E-state index contributed by atoms with van der Waals surface area (Å²) in [4.78, 5) is 30.3. The molecule has 0 aliphatic rings. The largest absolute Gasteiger partial charge is 0.454 e. The average molecular weight is 160 g/mol. The van der Waals surface area contributed by atoms with Gasteiger partial charge in [0, 0.05) is 6.42 Å². The molecular weight excluding hydrogens is 152 g/mol. The molecule has 0 aromatic heterocycles. The Morgan fingerprint density at radius 2 is 2.00 bits per heavy atom. The zero-order valence-electron chi connectivity index (χ0n) is 6.03. The van der Waals surface area contributed by atoms with Crippen molar-refractivity contribution < 1.29 is 23.9 Å². The van der Waals surface area contributed by atoms with Gasteiger partial charge in [0.05, 0.1) is 0 Å². The second kappa shape index (κ2) is 5.40. The zero-order valence-corrected chi connectivity index (χ0v) is 6.03. The molecule has 0 saturated heterocycles. The van der Waals surface area contributed by atoms with Gasteiger partial charge in [-0.05, 0) is 0 Å². The maximum atomic E-state index is 10.4. The smallest absolute Gasteiger partial charge is 0.351 e. The van der Waals surface area contributed by atoms with E-state index >= 15 is 0 Å². The average Bonchev–Trinajstić information content (AvgIpc) is 2.01. The third-order valence-electron chi connectivity index (χ3n) is 0.819. The highest BCUT2D eigenvalue weighted by Gasteiger charge is 2.05. The summed E-state index contributed by atoms with van der Waals surface area (Å²) in [5.41, 5.74) is 0. The van der Waals surface area contributed by atoms with E-state index in [2.05, 4.69) is 9.47 Å². The van der Waals surface area contributed by atoms with Crippen LogP contribution in [-0.4, -0.2) is 25.0 Å². The van der Waals surface area contributed by atoms with E-state index in [1.54, 1.807) is 6.92 Å². The van der Waals surface area contributed by atoms with E-state index in [1.807, 2.05) is 0 Å². The standard InChI is InChI=1S/C6H8O5/c1-2-5(8)10-3-6(9)11-4-7/h4H,2-3H2,1H3. The van der Waals surface area contributed by atoms with Crippen molar-refractivity contribution in [1.29, 1.82) is 0 Å². The van der Waals surface area contributed by atoms with Crippen molar-refractivity contribution in [2.45, 2.75) is 13.3 Å². The fraction of sp³-hybridized carbons (Fsp3) is 0.500. The van der Waals surface area contributed by atoms with Gasteiger partial charge in [-0.25, -0.2) is 4.79 Å². The Bertz CT molecular complexity index is 162. The minimum absolute atomic E-state index is 0.0118. The van der Waals surface area contributed by atoms with Gasteiger partial charge < -0.3 is 9.47 Å². The predicted octanol–water partition coefficient (Wildman–Crippen LogP) is -0.361. The summed E-state index contributed by atoms with van der Waals surface area (Å²) < 4.78 is 8.17. The minimum Gasteiger partial charge on any atom is -0.454 e. The van der Waals surface area contributed by atoms with Gasteiger partial charge in [0.25, 0.3) is 0 Å². The van der Waals surface area contributed by atoms with E-state index in [0.29, 0.717) is 0 Å². The lowest BCUT2D eigenvalue weighted by atomic mass is 10.5. The lowest BCUT2D eigenvalue weighted by Gasteiger charge is -1.98. The molecule has 0 heterocycles. The molecule has 5 heteroatoms. The summed E-state index contributed by atoms with van der Waals surface area (Å²) in [6.45, 7) is 1.07. The van der Waals surface area contributed by atoms with Crippen LogP contribution in [0.15, 0.2) is 0 Å². The monoisotopic (exact) mass is 160 g/mol. The Balaban J connectivity index is 3.45. The molecular formula is C6H8O5. The lowest BCUT2D eigenvalue weighted by Crippen LogP contribution is -2.15. The molecule has 0 radical (unpaired) electrons. The Morgan fingerprint density at radius 3 is 2.45 bits per heavy atom. The molecule has 11 heavy (non-hydrogen) atoms. The third-order valence-corrected chi connectivity index (χ3v) is 0.819. The molecule has 0 unspecified atom stereocenters. The molecule has 0 N–H and O–H groups in total. The van der Waals surface area contributed by atoms with Crippen LogP contribution in [0, 0.1) is 0 Å². The summed E-state index contributed by atoms with van der Waals surface area (Å²) in [7, 11) is 0. The van der Waals surface area contributed by atoms with Crippen LogP contribution in [0.25, 0.3) is 0 Å². The Labute approximate surface area is 63.3 Å². The Morgan fingerprint density at radius 1 is 1.36 bits per heavy atom. The van der Waals surface area contributed by atoms with Gasteiger partial charge in [0.2, 0.25) is 0 Å². The molecule has 0 spiro atoms. The van der Waals surface area contributed by atoms with Crippen LogP contribution in [0.5, 0.6) is 0 Å². The molecule has 0 atom stereocenters. The lowest BCUT2D eigenvalue weighted by molar-refractivity contribution is -0.161. The SMILES string of the molecule is CCC(=O)OCC(=O)OC=O. The topological polar surface area (TPSA) is 69.7 Å². The highest BCUT2D eigenvalue weighted by atomic mass is 16.6. The van der Waals surface area contributed by atoms with Crippen LogP contribution in [0.1, 0.15) is 13.3 Å². The normalized spacial score (nSPS) is 8.45. The molecule has 62 valence electrons. The summed E-state index contributed by atoms with van der Waals surface area (Å²) in [6, 6.07) is 0. The molecule has 0 aromatic rings. The van der Waals surface area contributed by atoms with E-state index in [9.17, 15) is 14.4 Å². The van der Waals surface area contributed by atoms with Crippen molar-refractivity contribution in [2.75, 3.05) is 6.61 Å². The number of carbonyl (C=O) groups excluding carboxylic acids is 3. The molecule has 0 fully saturated rings. The fourth-order valence-corrected chi connectivity index (χ4v) is 0.329. The molecule has 0 aliphatic heterocycles. The van der Waals surface area contributed by atoms with Crippen LogP contribution < -0.4 is 0 Å². The van der Waals surface area contributed by atoms with Crippen LogP contribution >= 0.6 is 0 Å². The van der Waals surface area contributed by atoms with Crippen molar-refractivity contribution in [1.82, 2.24) is 0 Å². The molecule has 0 aromatic carbocycles. The van der Waals surface area contributed by atoms with Crippen molar-refractivity contribution in [2.24, 2.45) is 0 Å². The number of ether oxygens (including phenoxy) is 2. The number of hydrogen-bond donors (Lipinski definition) is 0. The summed E-state index contributed by atoms with van der Waals surface area (Å²) >= 11 is 0. The van der Waals surface area contributed by atoms with Crippen LogP contribution in [0.4, 0.5) is 0 Å². The molecule has 0 aliphatic carbocycles. The number of rotatable bonds is 4. The highest BCUT2D eigenvalue weighted by molar-refractivity contribution is 5.80. The molecule has 0 bridgehead atoms. The van der Waals surface area contributed by atoms with Crippen LogP contribution in [0.2, 0.25) is 0 Å². The molecule has 5 nitrogen and oxygen atoms in total. The first-order chi connectivity index (χ1) is 5.20. The highest BCUT2D eigenvalue weighted by Crippen LogP contribution is 1.84. The number of esters is 2. The second-order valence-electron chi connectivity index (χ2n) is 1.60. The van der Waals surface area contributed by atoms with Gasteiger partial charge in [-0.2, -0.15) is 0 Å². The van der Waals surface area contributed by atoms with Gasteiger partial charge in [-0.3, -0.25) is 9.59 Å². The summed E-state index contributed by atoms with van der Waals surface area (Å²) in [5.74, 6) is -1.38. The van der Waals surface area contributed by atoms with Gasteiger partial charge in [-0.15, -0.1) is 0 Å². The van der Waals surface area contributed by atoms with E-state index in [-0.39, 0.29) is 12.9 Å². The van der Waals surface area contributed by atoms with Crippen molar-refractivity contribution >= 4 is 18.4 Å². The third kappa shape index (κ3) is 5.07. The number of carbonyl (C=O) groups is 3. The van der Waals surface area contributed by atoms with E-state index in [0.717, 1.165) is 0 Å². The van der Waals surface area contributed by atoms with Crippen molar-refractivity contribution in [3.8, 4) is 0 Å². The molecule has 0 saturated carbocycles. The van der Waals surface area contributed by atoms with Gasteiger partial charge in [0.1, 0.15) is 0 Å².